The van der Waals surface area contributed by atoms with Crippen molar-refractivity contribution in [3.05, 3.63) is 65.7 Å². The molecule has 0 unspecified atom stereocenters. The van der Waals surface area contributed by atoms with E-state index in [0.717, 1.165) is 11.3 Å². The predicted molar refractivity (Wildman–Crippen MR) is 78.4 cm³/mol. The summed E-state index contributed by atoms with van der Waals surface area (Å²) in [4.78, 5) is 0. The lowest BCUT2D eigenvalue weighted by Gasteiger charge is -2.07. The number of nitrogens with one attached hydrogen (secondary N) is 1. The zero-order valence-corrected chi connectivity index (χ0v) is 11.5. The Kier molecular flexibility index (Phi) is 6.43. The second-order valence-corrected chi connectivity index (χ2v) is 4.21. The molecule has 0 fully saturated rings. The zero-order valence-electron chi connectivity index (χ0n) is 11.5. The van der Waals surface area contributed by atoms with E-state index in [1.807, 2.05) is 42.5 Å². The molecule has 0 saturated heterocycles. The van der Waals surface area contributed by atoms with Gasteiger partial charge in [-0.2, -0.15) is 0 Å². The third-order valence-corrected chi connectivity index (χ3v) is 2.39. The summed E-state index contributed by atoms with van der Waals surface area (Å²) >= 11 is 0. The van der Waals surface area contributed by atoms with Crippen LogP contribution < -0.4 is 10.5 Å². The largest absolute Gasteiger partial charge is 0.673 e. The Labute approximate surface area is 125 Å². The normalized spacial score (nSPS) is 10.4. The fourth-order valence-electron chi connectivity index (χ4n) is 1.49. The number of hydrogen-bond acceptors (Lipinski definition) is 2. The van der Waals surface area contributed by atoms with Gasteiger partial charge in [0.15, 0.2) is 0 Å². The van der Waals surface area contributed by atoms with Crippen LogP contribution in [-0.4, -0.2) is 13.1 Å². The van der Waals surface area contributed by atoms with Crippen LogP contribution in [0.3, 0.4) is 0 Å². The lowest BCUT2D eigenvalue weighted by atomic mass is 10.2. The molecule has 0 atom stereocenters. The van der Waals surface area contributed by atoms with Gasteiger partial charge < -0.3 is 27.7 Å². The van der Waals surface area contributed by atoms with Gasteiger partial charge in [-0.05, 0) is 17.7 Å². The molecule has 0 aliphatic rings. The number of hydrogen-bond donors (Lipinski definition) is 2. The van der Waals surface area contributed by atoms with E-state index in [4.69, 9.17) is 15.9 Å². The number of rotatable bonds is 4. The average Bonchev–Trinajstić information content (AvgIpc) is 2.45. The maximum absolute atomic E-state index is 9.75. The highest BCUT2D eigenvalue weighted by molar-refractivity contribution is 6.50. The summed E-state index contributed by atoms with van der Waals surface area (Å²) in [7, 11) is -6.00. The Morgan fingerprint density at radius 2 is 1.59 bits per heavy atom. The molecule has 0 saturated carbocycles. The van der Waals surface area contributed by atoms with Gasteiger partial charge in [0.2, 0.25) is 0 Å². The lowest BCUT2D eigenvalue weighted by molar-refractivity contribution is 0.306. The summed E-state index contributed by atoms with van der Waals surface area (Å²) < 4.78 is 44.6. The summed E-state index contributed by atoms with van der Waals surface area (Å²) in [5, 5.41) is 7.35. The molecule has 0 aliphatic heterocycles. The average molecular weight is 313 g/mol. The maximum atomic E-state index is 9.75. The molecule has 2 aromatic rings. The lowest BCUT2D eigenvalue weighted by Crippen LogP contribution is -2.10. The standard InChI is InChI=1S/C14H14N2O.BF4/c15-14(16)12-7-4-8-13(9-12)17-10-11-5-2-1-3-6-11;2-1(3,4)5/h1-9H,10H2,(H3,15,16);/q;-1. The third-order valence-electron chi connectivity index (χ3n) is 2.39. The minimum Gasteiger partial charge on any atom is -0.489 e. The van der Waals surface area contributed by atoms with Crippen molar-refractivity contribution < 1.29 is 22.0 Å². The first kappa shape index (κ1) is 17.5. The van der Waals surface area contributed by atoms with Crippen LogP contribution in [-0.2, 0) is 6.61 Å². The Morgan fingerprint density at radius 3 is 2.14 bits per heavy atom. The Bertz CT molecular complexity index is 599. The van der Waals surface area contributed by atoms with Crippen LogP contribution >= 0.6 is 0 Å². The second kappa shape index (κ2) is 8.06. The number of halogens is 4. The SMILES string of the molecule is F[B-](F)(F)F.N=C(N)c1cccc(OCc2ccccc2)c1. The fourth-order valence-corrected chi connectivity index (χ4v) is 1.49. The maximum Gasteiger partial charge on any atom is 0.673 e. The number of amidine groups is 1. The first-order valence-electron chi connectivity index (χ1n) is 6.24. The van der Waals surface area contributed by atoms with Crippen LogP contribution in [0.2, 0.25) is 0 Å². The number of nitrogens with two attached hydrogens (primary N) is 1. The first-order valence-corrected chi connectivity index (χ1v) is 6.24. The zero-order chi connectivity index (χ0) is 16.6. The molecule has 3 N–H and O–H groups in total. The molecule has 22 heavy (non-hydrogen) atoms. The van der Waals surface area contributed by atoms with Crippen LogP contribution in [0.25, 0.3) is 0 Å². The van der Waals surface area contributed by atoms with Gasteiger partial charge in [0.05, 0.1) is 0 Å². The minimum absolute atomic E-state index is 0.0511. The van der Waals surface area contributed by atoms with Gasteiger partial charge in [0.1, 0.15) is 18.2 Å². The van der Waals surface area contributed by atoms with Crippen LogP contribution in [0.5, 0.6) is 5.75 Å². The highest BCUT2D eigenvalue weighted by Crippen LogP contribution is 2.14. The van der Waals surface area contributed by atoms with E-state index in [-0.39, 0.29) is 5.84 Å². The van der Waals surface area contributed by atoms with Crippen molar-refractivity contribution >= 4 is 13.1 Å². The fraction of sp³-hybridized carbons (Fsp3) is 0.0714. The Morgan fingerprint density at radius 1 is 1.00 bits per heavy atom. The highest BCUT2D eigenvalue weighted by Gasteiger charge is 2.20. The van der Waals surface area contributed by atoms with Crippen molar-refractivity contribution in [1.82, 2.24) is 0 Å². The van der Waals surface area contributed by atoms with Gasteiger partial charge in [-0.25, -0.2) is 0 Å². The van der Waals surface area contributed by atoms with Crippen molar-refractivity contribution in [3.8, 4) is 5.75 Å². The molecule has 0 spiro atoms. The van der Waals surface area contributed by atoms with Crippen LogP contribution in [0.1, 0.15) is 11.1 Å². The molecular weight excluding hydrogens is 299 g/mol. The molecule has 0 aliphatic carbocycles. The molecule has 0 heterocycles. The molecule has 3 nitrogen and oxygen atoms in total. The van der Waals surface area contributed by atoms with E-state index < -0.39 is 7.25 Å². The topological polar surface area (TPSA) is 59.1 Å². The van der Waals surface area contributed by atoms with Gasteiger partial charge in [-0.1, -0.05) is 42.5 Å². The monoisotopic (exact) mass is 313 g/mol. The molecule has 0 radical (unpaired) electrons. The van der Waals surface area contributed by atoms with Crippen molar-refractivity contribution in [1.29, 1.82) is 5.41 Å². The van der Waals surface area contributed by atoms with Gasteiger partial charge in [-0.15, -0.1) is 0 Å². The number of ether oxygens (including phenoxy) is 1. The smallest absolute Gasteiger partial charge is 0.489 e. The van der Waals surface area contributed by atoms with Crippen molar-refractivity contribution in [2.45, 2.75) is 6.61 Å². The van der Waals surface area contributed by atoms with E-state index in [2.05, 4.69) is 0 Å². The van der Waals surface area contributed by atoms with Crippen LogP contribution in [0.4, 0.5) is 17.3 Å². The first-order chi connectivity index (χ1) is 10.3. The van der Waals surface area contributed by atoms with Crippen molar-refractivity contribution in [2.24, 2.45) is 5.73 Å². The number of nitrogen functional groups attached to an aromatic ring is 1. The summed E-state index contributed by atoms with van der Waals surface area (Å²) in [5.41, 5.74) is 7.21. The van der Waals surface area contributed by atoms with Crippen molar-refractivity contribution in [3.63, 3.8) is 0 Å². The predicted octanol–water partition coefficient (Wildman–Crippen LogP) is 3.85. The van der Waals surface area contributed by atoms with E-state index in [1.165, 1.54) is 0 Å². The summed E-state index contributed by atoms with van der Waals surface area (Å²) in [6.07, 6.45) is 0. The highest BCUT2D eigenvalue weighted by atomic mass is 19.5. The van der Waals surface area contributed by atoms with Crippen LogP contribution in [0.15, 0.2) is 54.6 Å². The molecule has 0 bridgehead atoms. The summed E-state index contributed by atoms with van der Waals surface area (Å²) in [6.45, 7) is 0.516. The molecule has 0 amide bonds. The van der Waals surface area contributed by atoms with Crippen LogP contribution in [0, 0.1) is 5.41 Å². The molecule has 2 rings (SSSR count). The van der Waals surface area contributed by atoms with E-state index in [9.17, 15) is 17.3 Å². The summed E-state index contributed by atoms with van der Waals surface area (Å²) in [6, 6.07) is 17.2. The molecule has 0 aromatic heterocycles. The van der Waals surface area contributed by atoms with E-state index in [0.29, 0.717) is 12.2 Å². The summed E-state index contributed by atoms with van der Waals surface area (Å²) in [5.74, 6) is 0.775. The van der Waals surface area contributed by atoms with Gasteiger partial charge >= 0.3 is 7.25 Å². The second-order valence-electron chi connectivity index (χ2n) is 4.21. The molecule has 8 heteroatoms. The van der Waals surface area contributed by atoms with E-state index >= 15 is 0 Å². The Balaban J connectivity index is 0.000000422. The minimum atomic E-state index is -6.00. The third kappa shape index (κ3) is 7.93. The molecule has 2 aromatic carbocycles. The molecule has 118 valence electrons. The van der Waals surface area contributed by atoms with Gasteiger partial charge in [0, 0.05) is 5.56 Å². The quantitative estimate of drug-likeness (QED) is 0.390. The number of benzene rings is 2. The Hall–Kier alpha value is -2.51. The molecular formula is C14H14BF4N2O-. The van der Waals surface area contributed by atoms with Gasteiger partial charge in [0.25, 0.3) is 0 Å². The van der Waals surface area contributed by atoms with E-state index in [1.54, 1.807) is 12.1 Å². The van der Waals surface area contributed by atoms with Crippen molar-refractivity contribution in [2.75, 3.05) is 0 Å². The van der Waals surface area contributed by atoms with Gasteiger partial charge in [-0.3, -0.25) is 5.41 Å².